The average Bonchev–Trinajstić information content (AvgIpc) is 3.02. The first-order valence-corrected chi connectivity index (χ1v) is 6.45. The highest BCUT2D eigenvalue weighted by Gasteiger charge is 2.10. The minimum Gasteiger partial charge on any atom is -0.465 e. The van der Waals surface area contributed by atoms with Gasteiger partial charge < -0.3 is 9.73 Å². The van der Waals surface area contributed by atoms with Gasteiger partial charge in [0, 0.05) is 18.3 Å². The number of rotatable bonds is 4. The molecule has 1 N–H and O–H groups in total. The molecule has 0 amide bonds. The number of aryl methyl sites for hydroxylation is 1. The van der Waals surface area contributed by atoms with Crippen LogP contribution in [0, 0.1) is 6.92 Å². The van der Waals surface area contributed by atoms with Gasteiger partial charge in [0.15, 0.2) is 0 Å². The van der Waals surface area contributed by atoms with Gasteiger partial charge in [0.05, 0.1) is 17.8 Å². The first-order valence-electron chi connectivity index (χ1n) is 6.45. The molecule has 0 aliphatic carbocycles. The number of nitrogens with one attached hydrogen (secondary N) is 1. The van der Waals surface area contributed by atoms with E-state index in [9.17, 15) is 0 Å². The Hall–Kier alpha value is -2.07. The molecule has 4 nitrogen and oxygen atoms in total. The fourth-order valence-corrected chi connectivity index (χ4v) is 2.17. The maximum atomic E-state index is 5.62. The quantitative estimate of drug-likeness (QED) is 0.779. The van der Waals surface area contributed by atoms with Crippen LogP contribution in [0.4, 0.5) is 0 Å². The average molecular weight is 255 g/mol. The van der Waals surface area contributed by atoms with E-state index < -0.39 is 0 Å². The summed E-state index contributed by atoms with van der Waals surface area (Å²) in [6, 6.07) is 10.3. The van der Waals surface area contributed by atoms with Gasteiger partial charge in [-0.3, -0.25) is 0 Å². The summed E-state index contributed by atoms with van der Waals surface area (Å²) in [4.78, 5) is 0. The van der Waals surface area contributed by atoms with Crippen molar-refractivity contribution in [2.45, 2.75) is 26.4 Å². The summed E-state index contributed by atoms with van der Waals surface area (Å²) in [7, 11) is 0. The Morgan fingerprint density at radius 1 is 1.32 bits per heavy atom. The van der Waals surface area contributed by atoms with Crippen molar-refractivity contribution in [3.8, 4) is 0 Å². The normalized spacial score (nSPS) is 12.9. The van der Waals surface area contributed by atoms with Crippen molar-refractivity contribution >= 4 is 5.52 Å². The highest BCUT2D eigenvalue weighted by atomic mass is 16.3. The Kier molecular flexibility index (Phi) is 3.09. The maximum absolute atomic E-state index is 5.62. The minimum absolute atomic E-state index is 0.187. The standard InChI is InChI=1S/C15H17N3O/c1-11-6-7-15(19-11)12(2)16-9-13-10-17-18-8-4-3-5-14(13)18/h3-8,10,12,16H,9H2,1-2H3. The lowest BCUT2D eigenvalue weighted by atomic mass is 10.2. The van der Waals surface area contributed by atoms with Gasteiger partial charge >= 0.3 is 0 Å². The van der Waals surface area contributed by atoms with Gasteiger partial charge in [0.1, 0.15) is 11.5 Å². The number of furan rings is 1. The number of hydrogen-bond acceptors (Lipinski definition) is 3. The zero-order valence-corrected chi connectivity index (χ0v) is 11.1. The third-order valence-electron chi connectivity index (χ3n) is 3.29. The molecule has 1 unspecified atom stereocenters. The van der Waals surface area contributed by atoms with Crippen molar-refractivity contribution in [2.24, 2.45) is 0 Å². The molecule has 4 heteroatoms. The van der Waals surface area contributed by atoms with Crippen LogP contribution >= 0.6 is 0 Å². The third kappa shape index (κ3) is 2.39. The highest BCUT2D eigenvalue weighted by Crippen LogP contribution is 2.17. The number of aromatic nitrogens is 2. The van der Waals surface area contributed by atoms with E-state index in [-0.39, 0.29) is 6.04 Å². The Morgan fingerprint density at radius 2 is 2.21 bits per heavy atom. The molecule has 3 heterocycles. The number of nitrogens with zero attached hydrogens (tertiary/aromatic N) is 2. The lowest BCUT2D eigenvalue weighted by Crippen LogP contribution is -2.17. The molecule has 98 valence electrons. The third-order valence-corrected chi connectivity index (χ3v) is 3.29. The molecule has 0 bridgehead atoms. The molecule has 3 aromatic heterocycles. The Bertz CT molecular complexity index is 683. The zero-order valence-electron chi connectivity index (χ0n) is 11.1. The van der Waals surface area contributed by atoms with Crippen LogP contribution in [-0.2, 0) is 6.54 Å². The second kappa shape index (κ2) is 4.90. The van der Waals surface area contributed by atoms with Crippen molar-refractivity contribution in [2.75, 3.05) is 0 Å². The first kappa shape index (κ1) is 12.0. The van der Waals surface area contributed by atoms with Gasteiger partial charge in [0.2, 0.25) is 0 Å². The fourth-order valence-electron chi connectivity index (χ4n) is 2.17. The topological polar surface area (TPSA) is 42.5 Å². The van der Waals surface area contributed by atoms with Gasteiger partial charge in [-0.1, -0.05) is 6.07 Å². The van der Waals surface area contributed by atoms with Gasteiger partial charge in [-0.2, -0.15) is 5.10 Å². The molecule has 0 aliphatic heterocycles. The molecule has 0 fully saturated rings. The summed E-state index contributed by atoms with van der Waals surface area (Å²) in [5.41, 5.74) is 2.33. The first-order chi connectivity index (χ1) is 9.24. The van der Waals surface area contributed by atoms with Crippen LogP contribution in [0.2, 0.25) is 0 Å². The molecule has 0 radical (unpaired) electrons. The summed E-state index contributed by atoms with van der Waals surface area (Å²) in [6.45, 7) is 4.83. The molecule has 19 heavy (non-hydrogen) atoms. The molecule has 0 saturated carbocycles. The zero-order chi connectivity index (χ0) is 13.2. The van der Waals surface area contributed by atoms with E-state index in [0.717, 1.165) is 23.6 Å². The van der Waals surface area contributed by atoms with Gasteiger partial charge in [-0.05, 0) is 38.1 Å². The van der Waals surface area contributed by atoms with Crippen LogP contribution in [0.1, 0.15) is 30.0 Å². The van der Waals surface area contributed by atoms with Crippen LogP contribution in [0.25, 0.3) is 5.52 Å². The molecule has 3 rings (SSSR count). The van der Waals surface area contributed by atoms with E-state index in [1.54, 1.807) is 0 Å². The second-order valence-corrected chi connectivity index (χ2v) is 4.75. The van der Waals surface area contributed by atoms with Crippen molar-refractivity contribution < 1.29 is 4.42 Å². The molecule has 0 saturated heterocycles. The van der Waals surface area contributed by atoms with Gasteiger partial charge in [-0.25, -0.2) is 4.52 Å². The van der Waals surface area contributed by atoms with Gasteiger partial charge in [-0.15, -0.1) is 0 Å². The van der Waals surface area contributed by atoms with Crippen LogP contribution in [0.3, 0.4) is 0 Å². The van der Waals surface area contributed by atoms with E-state index in [2.05, 4.69) is 23.4 Å². The summed E-state index contributed by atoms with van der Waals surface area (Å²) in [6.07, 6.45) is 3.86. The van der Waals surface area contributed by atoms with Crippen LogP contribution in [0.5, 0.6) is 0 Å². The minimum atomic E-state index is 0.187. The van der Waals surface area contributed by atoms with Crippen LogP contribution in [-0.4, -0.2) is 9.61 Å². The predicted octanol–water partition coefficient (Wildman–Crippen LogP) is 3.09. The van der Waals surface area contributed by atoms with Crippen molar-refractivity contribution in [1.82, 2.24) is 14.9 Å². The number of hydrogen-bond donors (Lipinski definition) is 1. The lowest BCUT2D eigenvalue weighted by Gasteiger charge is -2.10. The monoisotopic (exact) mass is 255 g/mol. The van der Waals surface area contributed by atoms with E-state index in [1.807, 2.05) is 48.1 Å². The molecule has 1 atom stereocenters. The summed E-state index contributed by atoms with van der Waals surface area (Å²) < 4.78 is 7.51. The van der Waals surface area contributed by atoms with Crippen LogP contribution in [0.15, 0.2) is 47.1 Å². The smallest absolute Gasteiger partial charge is 0.120 e. The molecule has 0 aromatic carbocycles. The number of fused-ring (bicyclic) bond motifs is 1. The summed E-state index contributed by atoms with van der Waals surface area (Å²) in [5.74, 6) is 1.91. The number of pyridine rings is 1. The van der Waals surface area contributed by atoms with Crippen LogP contribution < -0.4 is 5.32 Å². The highest BCUT2D eigenvalue weighted by molar-refractivity contribution is 5.53. The molecule has 0 spiro atoms. The Labute approximate surface area is 112 Å². The van der Waals surface area contributed by atoms with E-state index >= 15 is 0 Å². The SMILES string of the molecule is Cc1ccc(C(C)NCc2cnn3ccccc23)o1. The predicted molar refractivity (Wildman–Crippen MR) is 73.9 cm³/mol. The van der Waals surface area contributed by atoms with E-state index in [0.29, 0.717) is 0 Å². The Morgan fingerprint density at radius 3 is 3.00 bits per heavy atom. The lowest BCUT2D eigenvalue weighted by molar-refractivity contribution is 0.416. The summed E-state index contributed by atoms with van der Waals surface area (Å²) in [5, 5.41) is 7.79. The fraction of sp³-hybridized carbons (Fsp3) is 0.267. The molecular weight excluding hydrogens is 238 g/mol. The van der Waals surface area contributed by atoms with Crippen molar-refractivity contribution in [3.63, 3.8) is 0 Å². The maximum Gasteiger partial charge on any atom is 0.120 e. The second-order valence-electron chi connectivity index (χ2n) is 4.75. The largest absolute Gasteiger partial charge is 0.465 e. The van der Waals surface area contributed by atoms with E-state index in [4.69, 9.17) is 4.42 Å². The van der Waals surface area contributed by atoms with E-state index in [1.165, 1.54) is 5.56 Å². The van der Waals surface area contributed by atoms with Crippen molar-refractivity contribution in [3.05, 3.63) is 59.8 Å². The van der Waals surface area contributed by atoms with Gasteiger partial charge in [0.25, 0.3) is 0 Å². The molecular formula is C15H17N3O. The summed E-state index contributed by atoms with van der Waals surface area (Å²) >= 11 is 0. The Balaban J connectivity index is 1.72. The molecule has 0 aliphatic rings. The van der Waals surface area contributed by atoms with Crippen molar-refractivity contribution in [1.29, 1.82) is 0 Å². The molecule has 3 aromatic rings.